The molecule has 0 aromatic heterocycles. The molecular weight excluding hydrogens is 208 g/mol. The number of nitrogens with one attached hydrogen (secondary N) is 1. The maximum Gasteiger partial charge on any atom is 0.0307 e. The molecule has 0 saturated carbocycles. The molecule has 0 bridgehead atoms. The quantitative estimate of drug-likeness (QED) is 0.757. The first-order valence-electron chi connectivity index (χ1n) is 7.01. The molecular formula is C15H30N2. The largest absolute Gasteiger partial charge is 0.311 e. The standard InChI is InChI=1S/C15H30N2/c1-7-15(6)11-16-14(13(4)5)10-17(15)9-8-12(2)3/h8,13-14,16H,7,9-11H2,1-6H3. The van der Waals surface area contributed by atoms with Crippen molar-refractivity contribution in [1.29, 1.82) is 0 Å². The maximum absolute atomic E-state index is 3.72. The molecule has 2 heteroatoms. The van der Waals surface area contributed by atoms with E-state index < -0.39 is 0 Å². The van der Waals surface area contributed by atoms with Crippen molar-refractivity contribution in [1.82, 2.24) is 10.2 Å². The van der Waals surface area contributed by atoms with Gasteiger partial charge in [-0.05, 0) is 33.1 Å². The van der Waals surface area contributed by atoms with Crippen molar-refractivity contribution in [3.05, 3.63) is 11.6 Å². The Hall–Kier alpha value is -0.340. The van der Waals surface area contributed by atoms with E-state index in [0.29, 0.717) is 17.5 Å². The van der Waals surface area contributed by atoms with Crippen LogP contribution in [0.5, 0.6) is 0 Å². The van der Waals surface area contributed by atoms with E-state index in [1.807, 2.05) is 0 Å². The Morgan fingerprint density at radius 3 is 2.59 bits per heavy atom. The fourth-order valence-corrected chi connectivity index (χ4v) is 2.37. The zero-order valence-electron chi connectivity index (χ0n) is 12.5. The van der Waals surface area contributed by atoms with Gasteiger partial charge < -0.3 is 5.32 Å². The normalized spacial score (nSPS) is 30.6. The molecule has 0 aromatic rings. The molecule has 2 nitrogen and oxygen atoms in total. The summed E-state index contributed by atoms with van der Waals surface area (Å²) >= 11 is 0. The van der Waals surface area contributed by atoms with Gasteiger partial charge in [0.2, 0.25) is 0 Å². The number of hydrogen-bond donors (Lipinski definition) is 1. The average Bonchev–Trinajstić information content (AvgIpc) is 2.27. The van der Waals surface area contributed by atoms with Gasteiger partial charge in [0.15, 0.2) is 0 Å². The number of nitrogens with zero attached hydrogens (tertiary/aromatic N) is 1. The predicted octanol–water partition coefficient (Wildman–Crippen LogP) is 3.05. The molecule has 2 atom stereocenters. The van der Waals surface area contributed by atoms with Crippen LogP contribution in [0, 0.1) is 5.92 Å². The summed E-state index contributed by atoms with van der Waals surface area (Å²) in [6.45, 7) is 17.1. The molecule has 0 amide bonds. The summed E-state index contributed by atoms with van der Waals surface area (Å²) in [4.78, 5) is 2.65. The summed E-state index contributed by atoms with van der Waals surface area (Å²) < 4.78 is 0. The van der Waals surface area contributed by atoms with Crippen LogP contribution in [-0.4, -0.2) is 36.1 Å². The lowest BCUT2D eigenvalue weighted by molar-refractivity contribution is 0.0493. The van der Waals surface area contributed by atoms with E-state index in [4.69, 9.17) is 0 Å². The van der Waals surface area contributed by atoms with Gasteiger partial charge in [-0.25, -0.2) is 0 Å². The molecule has 0 spiro atoms. The van der Waals surface area contributed by atoms with Crippen LogP contribution >= 0.6 is 0 Å². The Bertz CT molecular complexity index is 266. The summed E-state index contributed by atoms with van der Waals surface area (Å²) in [5.41, 5.74) is 1.74. The Kier molecular flexibility index (Phi) is 5.21. The maximum atomic E-state index is 3.72. The van der Waals surface area contributed by atoms with Crippen LogP contribution in [0.15, 0.2) is 11.6 Å². The van der Waals surface area contributed by atoms with Crippen LogP contribution in [0.3, 0.4) is 0 Å². The molecule has 2 unspecified atom stereocenters. The van der Waals surface area contributed by atoms with Gasteiger partial charge in [-0.3, -0.25) is 4.90 Å². The predicted molar refractivity (Wildman–Crippen MR) is 76.3 cm³/mol. The summed E-state index contributed by atoms with van der Waals surface area (Å²) in [7, 11) is 0. The van der Waals surface area contributed by atoms with Gasteiger partial charge in [0.25, 0.3) is 0 Å². The molecule has 1 heterocycles. The second kappa shape index (κ2) is 6.01. The van der Waals surface area contributed by atoms with Crippen molar-refractivity contribution in [2.45, 2.75) is 59.5 Å². The Labute approximate surface area is 107 Å². The van der Waals surface area contributed by atoms with Crippen molar-refractivity contribution in [3.8, 4) is 0 Å². The molecule has 17 heavy (non-hydrogen) atoms. The zero-order chi connectivity index (χ0) is 13.1. The highest BCUT2D eigenvalue weighted by Crippen LogP contribution is 2.24. The van der Waals surface area contributed by atoms with E-state index in [-0.39, 0.29) is 0 Å². The molecule has 1 N–H and O–H groups in total. The Morgan fingerprint density at radius 1 is 1.47 bits per heavy atom. The van der Waals surface area contributed by atoms with Gasteiger partial charge in [0, 0.05) is 31.2 Å². The number of piperazine rings is 1. The minimum absolute atomic E-state index is 0.317. The fourth-order valence-electron chi connectivity index (χ4n) is 2.37. The monoisotopic (exact) mass is 238 g/mol. The summed E-state index contributed by atoms with van der Waals surface area (Å²) in [5.74, 6) is 0.714. The Morgan fingerprint density at radius 2 is 2.12 bits per heavy atom. The van der Waals surface area contributed by atoms with Crippen LogP contribution in [0.4, 0.5) is 0 Å². The van der Waals surface area contributed by atoms with Crippen LogP contribution < -0.4 is 5.32 Å². The highest BCUT2D eigenvalue weighted by molar-refractivity contribution is 5.02. The molecule has 0 aromatic carbocycles. The lowest BCUT2D eigenvalue weighted by atomic mass is 9.89. The molecule has 1 rings (SSSR count). The third-order valence-electron chi connectivity index (χ3n) is 4.21. The number of allylic oxidation sites excluding steroid dienone is 1. The van der Waals surface area contributed by atoms with Gasteiger partial charge in [0.05, 0.1) is 0 Å². The summed E-state index contributed by atoms with van der Waals surface area (Å²) in [5, 5.41) is 3.72. The van der Waals surface area contributed by atoms with Gasteiger partial charge in [-0.15, -0.1) is 0 Å². The van der Waals surface area contributed by atoms with Gasteiger partial charge in [-0.1, -0.05) is 32.4 Å². The molecule has 0 radical (unpaired) electrons. The second-order valence-electron chi connectivity index (χ2n) is 6.27. The SMILES string of the molecule is CCC1(C)CNC(C(C)C)CN1CC=C(C)C. The van der Waals surface area contributed by atoms with Gasteiger partial charge in [0.1, 0.15) is 0 Å². The van der Waals surface area contributed by atoms with Crippen molar-refractivity contribution in [2.24, 2.45) is 5.92 Å². The molecule has 1 saturated heterocycles. The summed E-state index contributed by atoms with van der Waals surface area (Å²) in [6.07, 6.45) is 3.57. The Balaban J connectivity index is 2.73. The van der Waals surface area contributed by atoms with Crippen molar-refractivity contribution < 1.29 is 0 Å². The molecule has 100 valence electrons. The first-order valence-corrected chi connectivity index (χ1v) is 7.01. The van der Waals surface area contributed by atoms with Crippen LogP contribution in [0.1, 0.15) is 48.0 Å². The van der Waals surface area contributed by atoms with Gasteiger partial charge in [-0.2, -0.15) is 0 Å². The number of hydrogen-bond acceptors (Lipinski definition) is 2. The van der Waals surface area contributed by atoms with E-state index in [2.05, 4.69) is 57.8 Å². The second-order valence-corrected chi connectivity index (χ2v) is 6.27. The minimum Gasteiger partial charge on any atom is -0.311 e. The van der Waals surface area contributed by atoms with Crippen LogP contribution in [-0.2, 0) is 0 Å². The van der Waals surface area contributed by atoms with Crippen molar-refractivity contribution >= 4 is 0 Å². The topological polar surface area (TPSA) is 15.3 Å². The average molecular weight is 238 g/mol. The van der Waals surface area contributed by atoms with E-state index in [1.165, 1.54) is 18.5 Å². The molecule has 1 aliphatic heterocycles. The smallest absolute Gasteiger partial charge is 0.0307 e. The first kappa shape index (κ1) is 14.7. The highest BCUT2D eigenvalue weighted by Gasteiger charge is 2.36. The molecule has 1 aliphatic rings. The van der Waals surface area contributed by atoms with Crippen molar-refractivity contribution in [3.63, 3.8) is 0 Å². The van der Waals surface area contributed by atoms with E-state index in [0.717, 1.165) is 13.1 Å². The molecule has 1 fully saturated rings. The molecule has 0 aliphatic carbocycles. The van der Waals surface area contributed by atoms with Crippen LogP contribution in [0.2, 0.25) is 0 Å². The third-order valence-corrected chi connectivity index (χ3v) is 4.21. The highest BCUT2D eigenvalue weighted by atomic mass is 15.3. The first-order chi connectivity index (χ1) is 7.89. The third kappa shape index (κ3) is 3.82. The van der Waals surface area contributed by atoms with E-state index in [9.17, 15) is 0 Å². The van der Waals surface area contributed by atoms with E-state index in [1.54, 1.807) is 0 Å². The van der Waals surface area contributed by atoms with Crippen LogP contribution in [0.25, 0.3) is 0 Å². The summed E-state index contributed by atoms with van der Waals surface area (Å²) in [6, 6.07) is 0.639. The van der Waals surface area contributed by atoms with Gasteiger partial charge >= 0.3 is 0 Å². The fraction of sp³-hybridized carbons (Fsp3) is 0.867. The van der Waals surface area contributed by atoms with E-state index >= 15 is 0 Å². The zero-order valence-corrected chi connectivity index (χ0v) is 12.5. The lowest BCUT2D eigenvalue weighted by Crippen LogP contribution is -2.64. The van der Waals surface area contributed by atoms with Crippen molar-refractivity contribution in [2.75, 3.05) is 19.6 Å². The minimum atomic E-state index is 0.317. The lowest BCUT2D eigenvalue weighted by Gasteiger charge is -2.48. The number of rotatable bonds is 4.